The summed E-state index contributed by atoms with van der Waals surface area (Å²) in [6.45, 7) is 4.15. The van der Waals surface area contributed by atoms with Crippen molar-refractivity contribution in [1.29, 1.82) is 0 Å². The third kappa shape index (κ3) is 3.68. The second-order valence-corrected chi connectivity index (χ2v) is 1.45. The molecule has 0 saturated carbocycles. The van der Waals surface area contributed by atoms with E-state index < -0.39 is 0 Å². The summed E-state index contributed by atoms with van der Waals surface area (Å²) in [5.41, 5.74) is 0. The molecule has 8 heavy (non-hydrogen) atoms. The molecule has 48 valence electrons. The lowest BCUT2D eigenvalue weighted by atomic mass is 10.5. The van der Waals surface area contributed by atoms with Gasteiger partial charge in [-0.2, -0.15) is 0 Å². The van der Waals surface area contributed by atoms with Gasteiger partial charge in [-0.25, -0.2) is 0 Å². The Labute approximate surface area is 50.1 Å². The molecule has 0 rings (SSSR count). The summed E-state index contributed by atoms with van der Waals surface area (Å²) in [6.07, 6.45) is 1.89. The molecule has 0 unspecified atom stereocenters. The van der Waals surface area contributed by atoms with Crippen molar-refractivity contribution >= 4 is 0 Å². The fourth-order valence-electron chi connectivity index (χ4n) is 0.235. The largest absolute Gasteiger partial charge is 0.473 e. The summed E-state index contributed by atoms with van der Waals surface area (Å²) in [5, 5.41) is 0. The van der Waals surface area contributed by atoms with Crippen LogP contribution in [0, 0.1) is 0 Å². The third-order valence-corrected chi connectivity index (χ3v) is 0.811. The summed E-state index contributed by atoms with van der Waals surface area (Å²) < 4.78 is 9.63. The van der Waals surface area contributed by atoms with Crippen LogP contribution in [0.5, 0.6) is 0 Å². The first kappa shape index (κ1) is 7.50. The van der Waals surface area contributed by atoms with Crippen LogP contribution in [0.3, 0.4) is 0 Å². The van der Waals surface area contributed by atoms with Gasteiger partial charge in [-0.05, 0) is 19.9 Å². The molecule has 0 heterocycles. The summed E-state index contributed by atoms with van der Waals surface area (Å²) in [5.74, 6) is 0.895. The third-order valence-electron chi connectivity index (χ3n) is 0.811. The van der Waals surface area contributed by atoms with Crippen LogP contribution in [0.25, 0.3) is 0 Å². The van der Waals surface area contributed by atoms with Crippen LogP contribution >= 0.6 is 0 Å². The molecule has 0 aliphatic heterocycles. The van der Waals surface area contributed by atoms with Gasteiger partial charge in [0.15, 0.2) is 6.79 Å². The molecule has 0 radical (unpaired) electrons. The number of rotatable bonds is 3. The van der Waals surface area contributed by atoms with E-state index in [0.717, 1.165) is 5.76 Å². The number of ether oxygens (including phenoxy) is 2. The Morgan fingerprint density at radius 3 is 2.62 bits per heavy atom. The number of hydrogen-bond acceptors (Lipinski definition) is 2. The zero-order valence-electron chi connectivity index (χ0n) is 5.60. The Kier molecular flexibility index (Phi) is 4.36. The minimum atomic E-state index is 0.343. The van der Waals surface area contributed by atoms with Crippen LogP contribution < -0.4 is 0 Å². The predicted octanol–water partition coefficient (Wildman–Crippen LogP) is 1.53. The van der Waals surface area contributed by atoms with Gasteiger partial charge < -0.3 is 9.47 Å². The van der Waals surface area contributed by atoms with Gasteiger partial charge in [-0.15, -0.1) is 0 Å². The van der Waals surface area contributed by atoms with Crippen molar-refractivity contribution in [3.63, 3.8) is 0 Å². The smallest absolute Gasteiger partial charge is 0.188 e. The van der Waals surface area contributed by atoms with Gasteiger partial charge in [0.05, 0.1) is 5.76 Å². The van der Waals surface area contributed by atoms with Gasteiger partial charge in [0.25, 0.3) is 0 Å². The summed E-state index contributed by atoms with van der Waals surface area (Å²) in [7, 11) is 1.60. The van der Waals surface area contributed by atoms with E-state index in [1.54, 1.807) is 7.11 Å². The van der Waals surface area contributed by atoms with Crippen molar-refractivity contribution in [2.75, 3.05) is 13.9 Å². The summed E-state index contributed by atoms with van der Waals surface area (Å²) >= 11 is 0. The van der Waals surface area contributed by atoms with Crippen LogP contribution in [0.1, 0.15) is 13.8 Å². The Balaban J connectivity index is 3.12. The fourth-order valence-corrected chi connectivity index (χ4v) is 0.235. The molecule has 0 aromatic heterocycles. The second-order valence-electron chi connectivity index (χ2n) is 1.45. The average molecular weight is 116 g/mol. The van der Waals surface area contributed by atoms with Crippen molar-refractivity contribution < 1.29 is 9.47 Å². The van der Waals surface area contributed by atoms with E-state index in [9.17, 15) is 0 Å². The first-order valence-corrected chi connectivity index (χ1v) is 2.56. The molecular weight excluding hydrogens is 104 g/mol. The zero-order valence-corrected chi connectivity index (χ0v) is 5.60. The Hall–Kier alpha value is -0.500. The minimum absolute atomic E-state index is 0.343. The maximum atomic E-state index is 4.98. The van der Waals surface area contributed by atoms with Crippen LogP contribution in [0.2, 0.25) is 0 Å². The Morgan fingerprint density at radius 1 is 1.62 bits per heavy atom. The molecule has 0 saturated heterocycles. The van der Waals surface area contributed by atoms with Gasteiger partial charge in [-0.1, -0.05) is 0 Å². The van der Waals surface area contributed by atoms with Crippen molar-refractivity contribution in [2.45, 2.75) is 13.8 Å². The van der Waals surface area contributed by atoms with Crippen molar-refractivity contribution in [3.05, 3.63) is 11.8 Å². The van der Waals surface area contributed by atoms with E-state index in [2.05, 4.69) is 4.74 Å². The number of methoxy groups -OCH3 is 1. The lowest BCUT2D eigenvalue weighted by molar-refractivity contribution is 0.00605. The zero-order chi connectivity index (χ0) is 6.41. The minimum Gasteiger partial charge on any atom is -0.473 e. The maximum Gasteiger partial charge on any atom is 0.188 e. The van der Waals surface area contributed by atoms with E-state index in [4.69, 9.17) is 4.74 Å². The number of allylic oxidation sites excluding steroid dienone is 2. The molecule has 0 amide bonds. The highest BCUT2D eigenvalue weighted by molar-refractivity contribution is 4.83. The highest BCUT2D eigenvalue weighted by atomic mass is 16.7. The Bertz CT molecular complexity index is 76.6. The molecule has 0 aliphatic rings. The van der Waals surface area contributed by atoms with Crippen LogP contribution in [-0.4, -0.2) is 13.9 Å². The molecular formula is C6H12O2. The van der Waals surface area contributed by atoms with Crippen molar-refractivity contribution in [3.8, 4) is 0 Å². The van der Waals surface area contributed by atoms with Crippen LogP contribution in [0.4, 0.5) is 0 Å². The SMILES string of the molecule is CC=C(C)OCOC. The molecule has 0 aromatic carbocycles. The quantitative estimate of drug-likeness (QED) is 0.411. The second kappa shape index (κ2) is 4.65. The molecule has 0 aromatic rings. The fraction of sp³-hybridized carbons (Fsp3) is 0.667. The van der Waals surface area contributed by atoms with E-state index in [1.165, 1.54) is 0 Å². The van der Waals surface area contributed by atoms with Gasteiger partial charge in [-0.3, -0.25) is 0 Å². The predicted molar refractivity (Wildman–Crippen MR) is 32.4 cm³/mol. The summed E-state index contributed by atoms with van der Waals surface area (Å²) in [4.78, 5) is 0. The maximum absolute atomic E-state index is 4.98. The van der Waals surface area contributed by atoms with E-state index in [1.807, 2.05) is 19.9 Å². The Morgan fingerprint density at radius 2 is 2.25 bits per heavy atom. The standard InChI is InChI=1S/C6H12O2/c1-4-6(2)8-5-7-3/h4H,5H2,1-3H3. The average Bonchev–Trinajstić information content (AvgIpc) is 1.83. The normalized spacial score (nSPS) is 11.6. The van der Waals surface area contributed by atoms with Crippen molar-refractivity contribution in [1.82, 2.24) is 0 Å². The molecule has 0 bridgehead atoms. The lowest BCUT2D eigenvalue weighted by Gasteiger charge is -2.01. The number of hydrogen-bond donors (Lipinski definition) is 0. The first-order chi connectivity index (χ1) is 3.81. The topological polar surface area (TPSA) is 18.5 Å². The molecule has 0 fully saturated rings. The van der Waals surface area contributed by atoms with Gasteiger partial charge in [0.1, 0.15) is 0 Å². The molecule has 2 heteroatoms. The van der Waals surface area contributed by atoms with Gasteiger partial charge in [0.2, 0.25) is 0 Å². The monoisotopic (exact) mass is 116 g/mol. The highest BCUT2D eigenvalue weighted by Gasteiger charge is 1.81. The van der Waals surface area contributed by atoms with Crippen molar-refractivity contribution in [2.24, 2.45) is 0 Å². The summed E-state index contributed by atoms with van der Waals surface area (Å²) in [6, 6.07) is 0. The van der Waals surface area contributed by atoms with E-state index in [0.29, 0.717) is 6.79 Å². The highest BCUT2D eigenvalue weighted by Crippen LogP contribution is 1.92. The van der Waals surface area contributed by atoms with E-state index >= 15 is 0 Å². The molecule has 2 nitrogen and oxygen atoms in total. The molecule has 0 atom stereocenters. The molecule has 0 spiro atoms. The van der Waals surface area contributed by atoms with Gasteiger partial charge >= 0.3 is 0 Å². The molecule has 0 aliphatic carbocycles. The lowest BCUT2D eigenvalue weighted by Crippen LogP contribution is -1.92. The van der Waals surface area contributed by atoms with E-state index in [-0.39, 0.29) is 0 Å². The van der Waals surface area contributed by atoms with Crippen LogP contribution in [-0.2, 0) is 9.47 Å². The first-order valence-electron chi connectivity index (χ1n) is 2.56. The van der Waals surface area contributed by atoms with Gasteiger partial charge in [0, 0.05) is 7.11 Å². The molecule has 0 N–H and O–H groups in total. The van der Waals surface area contributed by atoms with Crippen LogP contribution in [0.15, 0.2) is 11.8 Å².